The molecule has 160 valence electrons. The van der Waals surface area contributed by atoms with E-state index < -0.39 is 17.3 Å². The third-order valence-electron chi connectivity index (χ3n) is 4.56. The predicted molar refractivity (Wildman–Crippen MR) is 113 cm³/mol. The van der Waals surface area contributed by atoms with Crippen molar-refractivity contribution in [1.82, 2.24) is 4.98 Å². The summed E-state index contributed by atoms with van der Waals surface area (Å²) in [5.74, 6) is 1.31. The van der Waals surface area contributed by atoms with Crippen LogP contribution in [0.5, 0.6) is 11.5 Å². The minimum atomic E-state index is -4.69. The van der Waals surface area contributed by atoms with Crippen LogP contribution in [0.1, 0.15) is 16.7 Å². The van der Waals surface area contributed by atoms with Gasteiger partial charge in [-0.05, 0) is 36.2 Å². The van der Waals surface area contributed by atoms with Crippen molar-refractivity contribution in [3.05, 3.63) is 71.3 Å². The van der Waals surface area contributed by atoms with Crippen LogP contribution in [-0.2, 0) is 12.6 Å². The van der Waals surface area contributed by atoms with Gasteiger partial charge in [0.05, 0.1) is 31.0 Å². The van der Waals surface area contributed by atoms with Crippen molar-refractivity contribution in [2.45, 2.75) is 17.6 Å². The van der Waals surface area contributed by atoms with Gasteiger partial charge in [-0.1, -0.05) is 30.3 Å². The van der Waals surface area contributed by atoms with Gasteiger partial charge in [-0.2, -0.15) is 18.4 Å². The number of pyridine rings is 1. The van der Waals surface area contributed by atoms with Crippen LogP contribution in [0.3, 0.4) is 0 Å². The largest absolute Gasteiger partial charge is 0.493 e. The van der Waals surface area contributed by atoms with E-state index in [1.807, 2.05) is 30.3 Å². The maximum Gasteiger partial charge on any atom is 0.417 e. The van der Waals surface area contributed by atoms with Gasteiger partial charge in [0, 0.05) is 11.3 Å². The molecular formula is C23H19F3N2O2S. The molecule has 0 amide bonds. The van der Waals surface area contributed by atoms with Gasteiger partial charge in [0.15, 0.2) is 11.5 Å². The molecule has 0 aliphatic rings. The predicted octanol–water partition coefficient (Wildman–Crippen LogP) is 5.99. The minimum absolute atomic E-state index is 0.0537. The van der Waals surface area contributed by atoms with Gasteiger partial charge in [-0.3, -0.25) is 0 Å². The van der Waals surface area contributed by atoms with E-state index in [1.165, 1.54) is 14.2 Å². The van der Waals surface area contributed by atoms with Gasteiger partial charge in [0.25, 0.3) is 0 Å². The molecule has 3 aromatic rings. The molecule has 0 spiro atoms. The second kappa shape index (κ2) is 9.75. The van der Waals surface area contributed by atoms with Gasteiger partial charge in [-0.15, -0.1) is 11.8 Å². The number of hydrogen-bond acceptors (Lipinski definition) is 5. The van der Waals surface area contributed by atoms with Gasteiger partial charge >= 0.3 is 6.18 Å². The van der Waals surface area contributed by atoms with Gasteiger partial charge in [0.2, 0.25) is 0 Å². The van der Waals surface area contributed by atoms with Crippen molar-refractivity contribution in [3.8, 4) is 28.8 Å². The fourth-order valence-electron chi connectivity index (χ4n) is 3.01. The average molecular weight is 444 g/mol. The maximum atomic E-state index is 13.7. The van der Waals surface area contributed by atoms with E-state index in [2.05, 4.69) is 4.98 Å². The molecule has 0 saturated heterocycles. The Morgan fingerprint density at radius 3 is 2.32 bits per heavy atom. The highest BCUT2D eigenvalue weighted by Crippen LogP contribution is 2.39. The Bertz CT molecular complexity index is 1100. The van der Waals surface area contributed by atoms with Crippen molar-refractivity contribution >= 4 is 11.8 Å². The van der Waals surface area contributed by atoms with Crippen molar-refractivity contribution in [1.29, 1.82) is 5.26 Å². The van der Waals surface area contributed by atoms with Gasteiger partial charge in [0.1, 0.15) is 11.1 Å². The van der Waals surface area contributed by atoms with E-state index in [-0.39, 0.29) is 10.7 Å². The lowest BCUT2D eigenvalue weighted by atomic mass is 10.0. The molecule has 1 heterocycles. The maximum absolute atomic E-state index is 13.7. The summed E-state index contributed by atoms with van der Waals surface area (Å²) < 4.78 is 51.6. The summed E-state index contributed by atoms with van der Waals surface area (Å²) >= 11 is 1.13. The summed E-state index contributed by atoms with van der Waals surface area (Å²) in [7, 11) is 2.92. The molecule has 0 saturated carbocycles. The molecule has 0 aliphatic heterocycles. The normalized spacial score (nSPS) is 11.1. The molecule has 0 bridgehead atoms. The monoisotopic (exact) mass is 444 g/mol. The highest BCUT2D eigenvalue weighted by molar-refractivity contribution is 7.99. The summed E-state index contributed by atoms with van der Waals surface area (Å²) in [5, 5.41) is 9.50. The second-order valence-corrected chi connectivity index (χ2v) is 7.58. The number of halogens is 3. The summed E-state index contributed by atoms with van der Waals surface area (Å²) in [5.41, 5.74) is 0.124. The molecule has 3 rings (SSSR count). The molecule has 0 unspecified atom stereocenters. The summed E-state index contributed by atoms with van der Waals surface area (Å²) in [6, 6.07) is 17.0. The van der Waals surface area contributed by atoms with E-state index in [0.717, 1.165) is 23.4 Å². The first kappa shape index (κ1) is 22.5. The highest BCUT2D eigenvalue weighted by Gasteiger charge is 2.36. The number of hydrogen-bond donors (Lipinski definition) is 0. The lowest BCUT2D eigenvalue weighted by molar-refractivity contribution is -0.138. The number of aryl methyl sites for hydroxylation is 1. The Morgan fingerprint density at radius 1 is 1.00 bits per heavy atom. The first-order chi connectivity index (χ1) is 14.9. The van der Waals surface area contributed by atoms with Crippen LogP contribution in [0.25, 0.3) is 11.3 Å². The zero-order valence-electron chi connectivity index (χ0n) is 16.9. The van der Waals surface area contributed by atoms with Gasteiger partial charge in [-0.25, -0.2) is 4.98 Å². The van der Waals surface area contributed by atoms with Crippen LogP contribution in [0, 0.1) is 11.3 Å². The number of nitriles is 1. The third-order valence-corrected chi connectivity index (χ3v) is 5.53. The van der Waals surface area contributed by atoms with Crippen molar-refractivity contribution < 1.29 is 22.6 Å². The quantitative estimate of drug-likeness (QED) is 0.419. The fourth-order valence-corrected chi connectivity index (χ4v) is 4.01. The first-order valence-electron chi connectivity index (χ1n) is 9.28. The summed E-state index contributed by atoms with van der Waals surface area (Å²) in [6.07, 6.45) is -4.05. The number of aromatic nitrogens is 1. The van der Waals surface area contributed by atoms with Crippen LogP contribution in [0.4, 0.5) is 13.2 Å². The molecule has 0 N–H and O–H groups in total. The molecule has 8 heteroatoms. The topological polar surface area (TPSA) is 55.1 Å². The first-order valence-corrected chi connectivity index (χ1v) is 10.3. The zero-order chi connectivity index (χ0) is 22.4. The number of benzene rings is 2. The second-order valence-electron chi connectivity index (χ2n) is 6.50. The molecule has 2 aromatic carbocycles. The number of thioether (sulfide) groups is 1. The molecule has 31 heavy (non-hydrogen) atoms. The number of rotatable bonds is 7. The Labute approximate surface area is 182 Å². The Balaban J connectivity index is 2.02. The SMILES string of the molecule is COc1ccc(-c2cc(C(F)(F)F)c(C#N)c(SCCc3ccccc3)n2)cc1OC. The summed E-state index contributed by atoms with van der Waals surface area (Å²) in [4.78, 5) is 4.39. The van der Waals surface area contributed by atoms with E-state index in [0.29, 0.717) is 29.2 Å². The Hall–Kier alpha value is -3.18. The van der Waals surface area contributed by atoms with Crippen LogP contribution in [0.2, 0.25) is 0 Å². The Morgan fingerprint density at radius 2 is 1.71 bits per heavy atom. The van der Waals surface area contributed by atoms with E-state index >= 15 is 0 Å². The molecule has 0 atom stereocenters. The zero-order valence-corrected chi connectivity index (χ0v) is 17.7. The number of methoxy groups -OCH3 is 2. The number of ether oxygens (including phenoxy) is 2. The molecule has 0 fully saturated rings. The molecular weight excluding hydrogens is 425 g/mol. The van der Waals surface area contributed by atoms with Crippen molar-refractivity contribution in [2.24, 2.45) is 0 Å². The third kappa shape index (κ3) is 5.30. The van der Waals surface area contributed by atoms with E-state index in [9.17, 15) is 18.4 Å². The minimum Gasteiger partial charge on any atom is -0.493 e. The van der Waals surface area contributed by atoms with Crippen LogP contribution in [-0.4, -0.2) is 25.0 Å². The fraction of sp³-hybridized carbons (Fsp3) is 0.217. The van der Waals surface area contributed by atoms with Gasteiger partial charge < -0.3 is 9.47 Å². The highest BCUT2D eigenvalue weighted by atomic mass is 32.2. The number of nitrogens with zero attached hydrogens (tertiary/aromatic N) is 2. The lowest BCUT2D eigenvalue weighted by Crippen LogP contribution is -2.11. The van der Waals surface area contributed by atoms with E-state index in [4.69, 9.17) is 9.47 Å². The average Bonchev–Trinajstić information content (AvgIpc) is 2.78. The van der Waals surface area contributed by atoms with E-state index in [1.54, 1.807) is 24.3 Å². The number of alkyl halides is 3. The standard InChI is InChI=1S/C23H19F3N2O2S/c1-29-20-9-8-16(12-21(20)30-2)19-13-18(23(24,25)26)17(14-27)22(28-19)31-11-10-15-6-4-3-5-7-15/h3-9,12-13H,10-11H2,1-2H3. The van der Waals surface area contributed by atoms with Crippen LogP contribution in [0.15, 0.2) is 59.6 Å². The smallest absolute Gasteiger partial charge is 0.417 e. The Kier molecular flexibility index (Phi) is 7.08. The lowest BCUT2D eigenvalue weighted by Gasteiger charge is -2.15. The van der Waals surface area contributed by atoms with Crippen LogP contribution >= 0.6 is 11.8 Å². The summed E-state index contributed by atoms with van der Waals surface area (Å²) in [6.45, 7) is 0. The molecule has 0 radical (unpaired) electrons. The molecule has 0 aliphatic carbocycles. The molecule has 1 aromatic heterocycles. The van der Waals surface area contributed by atoms with Crippen LogP contribution < -0.4 is 9.47 Å². The van der Waals surface area contributed by atoms with Crippen molar-refractivity contribution in [2.75, 3.05) is 20.0 Å². The molecule has 4 nitrogen and oxygen atoms in total. The van der Waals surface area contributed by atoms with Crippen molar-refractivity contribution in [3.63, 3.8) is 0 Å².